The Morgan fingerprint density at radius 2 is 2.10 bits per heavy atom. The van der Waals surface area contributed by atoms with Crippen molar-refractivity contribution in [2.75, 3.05) is 0 Å². The first kappa shape index (κ1) is 9.60. The number of aldehydes is 1. The van der Waals surface area contributed by atoms with Gasteiger partial charge in [-0.15, -0.1) is 0 Å². The van der Waals surface area contributed by atoms with Crippen LogP contribution in [0.3, 0.4) is 0 Å². The summed E-state index contributed by atoms with van der Waals surface area (Å²) >= 11 is 0. The maximum absolute atomic E-state index is 12.2. The molecular weight excluding hydrogens is 131 g/mol. The SMILES string of the molecule is CCCCCCC(F)C=O. The summed E-state index contributed by atoms with van der Waals surface area (Å²) in [4.78, 5) is 9.79. The summed E-state index contributed by atoms with van der Waals surface area (Å²) in [5.41, 5.74) is 0. The Hall–Kier alpha value is -0.400. The molecule has 0 amide bonds. The lowest BCUT2D eigenvalue weighted by atomic mass is 10.1. The molecular formula is C8H15FO. The number of hydrogen-bond acceptors (Lipinski definition) is 1. The third kappa shape index (κ3) is 5.73. The van der Waals surface area contributed by atoms with Gasteiger partial charge in [-0.3, -0.25) is 0 Å². The van der Waals surface area contributed by atoms with E-state index in [4.69, 9.17) is 0 Å². The maximum atomic E-state index is 12.2. The van der Waals surface area contributed by atoms with Crippen LogP contribution in [0.15, 0.2) is 0 Å². The lowest BCUT2D eigenvalue weighted by Gasteiger charge is -1.98. The van der Waals surface area contributed by atoms with Gasteiger partial charge in [0.15, 0.2) is 12.5 Å². The normalized spacial score (nSPS) is 13.0. The highest BCUT2D eigenvalue weighted by Crippen LogP contribution is 2.05. The average molecular weight is 146 g/mol. The van der Waals surface area contributed by atoms with E-state index in [-0.39, 0.29) is 0 Å². The number of carbonyl (C=O) groups is 1. The van der Waals surface area contributed by atoms with Gasteiger partial charge < -0.3 is 4.79 Å². The van der Waals surface area contributed by atoms with Crippen molar-refractivity contribution in [1.82, 2.24) is 0 Å². The topological polar surface area (TPSA) is 17.1 Å². The van der Waals surface area contributed by atoms with Crippen LogP contribution in [0.5, 0.6) is 0 Å². The van der Waals surface area contributed by atoms with E-state index in [1.807, 2.05) is 0 Å². The summed E-state index contributed by atoms with van der Waals surface area (Å²) in [6, 6.07) is 0. The second-order valence-electron chi connectivity index (χ2n) is 2.50. The number of carbonyl (C=O) groups excluding carboxylic acids is 1. The molecule has 0 aliphatic carbocycles. The number of halogens is 1. The lowest BCUT2D eigenvalue weighted by Crippen LogP contribution is -1.99. The van der Waals surface area contributed by atoms with Crippen LogP contribution in [-0.2, 0) is 4.79 Å². The van der Waals surface area contributed by atoms with Crippen LogP contribution in [0.25, 0.3) is 0 Å². The zero-order chi connectivity index (χ0) is 7.82. The highest BCUT2D eigenvalue weighted by Gasteiger charge is 2.01. The van der Waals surface area contributed by atoms with Gasteiger partial charge in [0.2, 0.25) is 0 Å². The molecule has 2 heteroatoms. The van der Waals surface area contributed by atoms with Crippen LogP contribution in [-0.4, -0.2) is 12.5 Å². The zero-order valence-electron chi connectivity index (χ0n) is 6.48. The van der Waals surface area contributed by atoms with E-state index >= 15 is 0 Å². The molecule has 0 aliphatic heterocycles. The molecule has 0 saturated carbocycles. The van der Waals surface area contributed by atoms with Crippen molar-refractivity contribution in [2.24, 2.45) is 0 Å². The van der Waals surface area contributed by atoms with E-state index in [0.717, 1.165) is 25.7 Å². The molecule has 1 atom stereocenters. The fourth-order valence-corrected chi connectivity index (χ4v) is 0.834. The van der Waals surface area contributed by atoms with Crippen molar-refractivity contribution in [3.8, 4) is 0 Å². The first-order chi connectivity index (χ1) is 4.81. The van der Waals surface area contributed by atoms with E-state index in [0.29, 0.717) is 12.7 Å². The summed E-state index contributed by atoms with van der Waals surface area (Å²) in [7, 11) is 0. The summed E-state index contributed by atoms with van der Waals surface area (Å²) in [5, 5.41) is 0. The van der Waals surface area contributed by atoms with Crippen molar-refractivity contribution in [3.05, 3.63) is 0 Å². The van der Waals surface area contributed by atoms with E-state index in [1.165, 1.54) is 0 Å². The number of rotatable bonds is 6. The maximum Gasteiger partial charge on any atom is 0.155 e. The van der Waals surface area contributed by atoms with Crippen LogP contribution >= 0.6 is 0 Å². The third-order valence-corrected chi connectivity index (χ3v) is 1.48. The monoisotopic (exact) mass is 146 g/mol. The molecule has 1 nitrogen and oxygen atoms in total. The smallest absolute Gasteiger partial charge is 0.155 e. The first-order valence-corrected chi connectivity index (χ1v) is 3.90. The van der Waals surface area contributed by atoms with E-state index in [1.54, 1.807) is 0 Å². The standard InChI is InChI=1S/C8H15FO/c1-2-3-4-5-6-8(9)7-10/h7-8H,2-6H2,1H3. The molecule has 60 valence electrons. The Labute approximate surface area is 61.6 Å². The molecule has 0 radical (unpaired) electrons. The molecule has 1 unspecified atom stereocenters. The van der Waals surface area contributed by atoms with E-state index in [2.05, 4.69) is 6.92 Å². The van der Waals surface area contributed by atoms with Gasteiger partial charge in [0.25, 0.3) is 0 Å². The van der Waals surface area contributed by atoms with Gasteiger partial charge >= 0.3 is 0 Å². The summed E-state index contributed by atoms with van der Waals surface area (Å²) in [6.07, 6.45) is 3.74. The summed E-state index contributed by atoms with van der Waals surface area (Å²) < 4.78 is 12.2. The van der Waals surface area contributed by atoms with Crippen LogP contribution in [0.4, 0.5) is 4.39 Å². The quantitative estimate of drug-likeness (QED) is 0.415. The number of unbranched alkanes of at least 4 members (excludes halogenated alkanes) is 3. The number of hydrogen-bond donors (Lipinski definition) is 0. The highest BCUT2D eigenvalue weighted by molar-refractivity contribution is 5.55. The van der Waals surface area contributed by atoms with Gasteiger partial charge in [0.05, 0.1) is 0 Å². The summed E-state index contributed by atoms with van der Waals surface area (Å²) in [6.45, 7) is 2.10. The number of alkyl halides is 1. The van der Waals surface area contributed by atoms with Crippen molar-refractivity contribution >= 4 is 6.29 Å². The summed E-state index contributed by atoms with van der Waals surface area (Å²) in [5.74, 6) is 0. The minimum Gasteiger partial charge on any atom is -0.300 e. The van der Waals surface area contributed by atoms with Gasteiger partial charge in [-0.05, 0) is 6.42 Å². The minimum atomic E-state index is -1.23. The fraction of sp³-hybridized carbons (Fsp3) is 0.875. The molecule has 0 rings (SSSR count). The van der Waals surface area contributed by atoms with Crippen molar-refractivity contribution in [1.29, 1.82) is 0 Å². The first-order valence-electron chi connectivity index (χ1n) is 3.90. The van der Waals surface area contributed by atoms with Crippen molar-refractivity contribution in [2.45, 2.75) is 45.2 Å². The predicted octanol–water partition coefficient (Wildman–Crippen LogP) is 2.49. The second-order valence-corrected chi connectivity index (χ2v) is 2.50. The average Bonchev–Trinajstić information content (AvgIpc) is 1.98. The van der Waals surface area contributed by atoms with Crippen molar-refractivity contribution in [3.63, 3.8) is 0 Å². The van der Waals surface area contributed by atoms with Crippen LogP contribution in [0.2, 0.25) is 0 Å². The molecule has 0 saturated heterocycles. The Bertz CT molecular complexity index is 83.3. The second kappa shape index (κ2) is 6.72. The molecule has 0 heterocycles. The molecule has 0 fully saturated rings. The largest absolute Gasteiger partial charge is 0.300 e. The Morgan fingerprint density at radius 1 is 1.40 bits per heavy atom. The Kier molecular flexibility index (Phi) is 6.45. The minimum absolute atomic E-state index is 0.381. The predicted molar refractivity (Wildman–Crippen MR) is 39.7 cm³/mol. The molecule has 10 heavy (non-hydrogen) atoms. The molecule has 0 bridgehead atoms. The molecule has 0 spiro atoms. The van der Waals surface area contributed by atoms with Crippen molar-refractivity contribution < 1.29 is 9.18 Å². The molecule has 0 aromatic rings. The van der Waals surface area contributed by atoms with Gasteiger partial charge in [0.1, 0.15) is 0 Å². The Balaban J connectivity index is 2.95. The van der Waals surface area contributed by atoms with E-state index < -0.39 is 6.17 Å². The third-order valence-electron chi connectivity index (χ3n) is 1.48. The van der Waals surface area contributed by atoms with Crippen LogP contribution < -0.4 is 0 Å². The van der Waals surface area contributed by atoms with Gasteiger partial charge in [-0.25, -0.2) is 4.39 Å². The Morgan fingerprint density at radius 3 is 2.60 bits per heavy atom. The van der Waals surface area contributed by atoms with Crippen LogP contribution in [0.1, 0.15) is 39.0 Å². The van der Waals surface area contributed by atoms with Gasteiger partial charge in [0, 0.05) is 0 Å². The van der Waals surface area contributed by atoms with Gasteiger partial charge in [-0.2, -0.15) is 0 Å². The van der Waals surface area contributed by atoms with Gasteiger partial charge in [-0.1, -0.05) is 32.6 Å². The fourth-order valence-electron chi connectivity index (χ4n) is 0.834. The zero-order valence-corrected chi connectivity index (χ0v) is 6.48. The van der Waals surface area contributed by atoms with Crippen LogP contribution in [0, 0.1) is 0 Å². The molecule has 0 aliphatic rings. The molecule has 0 aromatic heterocycles. The molecule has 0 aromatic carbocycles. The molecule has 0 N–H and O–H groups in total. The highest BCUT2D eigenvalue weighted by atomic mass is 19.1. The van der Waals surface area contributed by atoms with E-state index in [9.17, 15) is 9.18 Å². The lowest BCUT2D eigenvalue weighted by molar-refractivity contribution is -0.112.